The number of nitrogens with zero attached hydrogens (tertiary/aromatic N) is 1. The summed E-state index contributed by atoms with van der Waals surface area (Å²) in [5.74, 6) is -1.01. The number of rotatable bonds is 9. The lowest BCUT2D eigenvalue weighted by Crippen LogP contribution is -2.37. The van der Waals surface area contributed by atoms with Crippen molar-refractivity contribution in [1.29, 1.82) is 0 Å². The lowest BCUT2D eigenvalue weighted by atomic mass is 10.2. The maximum Gasteiger partial charge on any atom is 0.315 e. The summed E-state index contributed by atoms with van der Waals surface area (Å²) in [7, 11) is 0. The zero-order valence-electron chi connectivity index (χ0n) is 10.3. The lowest BCUT2D eigenvalue weighted by molar-refractivity contribution is -0.143. The summed E-state index contributed by atoms with van der Waals surface area (Å²) in [6, 6.07) is 0. The van der Waals surface area contributed by atoms with E-state index in [0.717, 1.165) is 38.5 Å². The zero-order chi connectivity index (χ0) is 12.4. The van der Waals surface area contributed by atoms with Gasteiger partial charge in [-0.15, -0.1) is 0 Å². The molecule has 0 radical (unpaired) electrons. The number of hydrogen-bond donors (Lipinski definition) is 0. The molecule has 0 aromatic rings. The molecule has 16 heavy (non-hydrogen) atoms. The highest BCUT2D eigenvalue weighted by molar-refractivity contribution is 5.79. The molecule has 0 unspecified atom stereocenters. The van der Waals surface area contributed by atoms with Gasteiger partial charge in [-0.2, -0.15) is 8.78 Å². The molecule has 96 valence electrons. The van der Waals surface area contributed by atoms with Gasteiger partial charge in [-0.3, -0.25) is 4.79 Å². The number of carbonyl (C=O) groups is 1. The molecular formula is C12H23F2NO. The number of amides is 1. The third-order valence-electron chi connectivity index (χ3n) is 2.56. The van der Waals surface area contributed by atoms with Gasteiger partial charge in [0.1, 0.15) is 0 Å². The Labute approximate surface area is 97.0 Å². The van der Waals surface area contributed by atoms with Crippen molar-refractivity contribution in [3.05, 3.63) is 0 Å². The van der Waals surface area contributed by atoms with Crippen molar-refractivity contribution in [3.8, 4) is 0 Å². The van der Waals surface area contributed by atoms with Crippen LogP contribution in [0.15, 0.2) is 0 Å². The Balaban J connectivity index is 4.00. The summed E-state index contributed by atoms with van der Waals surface area (Å²) < 4.78 is 24.6. The molecule has 0 aromatic heterocycles. The van der Waals surface area contributed by atoms with Gasteiger partial charge in [0.2, 0.25) is 0 Å². The Morgan fingerprint density at radius 2 is 1.44 bits per heavy atom. The van der Waals surface area contributed by atoms with Crippen LogP contribution >= 0.6 is 0 Å². The number of carbonyl (C=O) groups excluding carboxylic acids is 1. The first-order chi connectivity index (χ1) is 7.63. The molecule has 0 aliphatic carbocycles. The van der Waals surface area contributed by atoms with Crippen LogP contribution in [0.4, 0.5) is 8.78 Å². The molecule has 0 rings (SSSR count). The zero-order valence-corrected chi connectivity index (χ0v) is 10.3. The SMILES string of the molecule is CCCCCN(CCCCC)C(=O)C(F)F. The van der Waals surface area contributed by atoms with Gasteiger partial charge in [0.25, 0.3) is 5.91 Å². The van der Waals surface area contributed by atoms with Crippen molar-refractivity contribution in [1.82, 2.24) is 4.90 Å². The Hall–Kier alpha value is -0.670. The van der Waals surface area contributed by atoms with Crippen molar-refractivity contribution in [3.63, 3.8) is 0 Å². The Morgan fingerprint density at radius 1 is 1.00 bits per heavy atom. The molecule has 0 saturated carbocycles. The summed E-state index contributed by atoms with van der Waals surface area (Å²) in [5.41, 5.74) is 0. The van der Waals surface area contributed by atoms with Crippen LogP contribution in [0.5, 0.6) is 0 Å². The molecule has 0 saturated heterocycles. The van der Waals surface area contributed by atoms with Gasteiger partial charge in [-0.05, 0) is 12.8 Å². The van der Waals surface area contributed by atoms with Crippen LogP contribution < -0.4 is 0 Å². The van der Waals surface area contributed by atoms with Gasteiger partial charge >= 0.3 is 6.43 Å². The van der Waals surface area contributed by atoms with Gasteiger partial charge in [0.05, 0.1) is 0 Å². The number of unbranched alkanes of at least 4 members (excludes halogenated alkanes) is 4. The first kappa shape index (κ1) is 15.3. The Bertz CT molecular complexity index is 176. The molecule has 0 spiro atoms. The molecule has 4 heteroatoms. The van der Waals surface area contributed by atoms with E-state index in [9.17, 15) is 13.6 Å². The molecular weight excluding hydrogens is 212 g/mol. The van der Waals surface area contributed by atoms with Gasteiger partial charge in [0, 0.05) is 13.1 Å². The quantitative estimate of drug-likeness (QED) is 0.560. The van der Waals surface area contributed by atoms with E-state index >= 15 is 0 Å². The van der Waals surface area contributed by atoms with Crippen molar-refractivity contribution in [2.24, 2.45) is 0 Å². The molecule has 2 nitrogen and oxygen atoms in total. The standard InChI is InChI=1S/C12H23F2NO/c1-3-5-7-9-15(10-8-6-4-2)12(16)11(13)14/h11H,3-10H2,1-2H3. The fourth-order valence-electron chi connectivity index (χ4n) is 1.58. The third kappa shape index (κ3) is 6.75. The lowest BCUT2D eigenvalue weighted by Gasteiger charge is -2.22. The van der Waals surface area contributed by atoms with Crippen LogP contribution in [0.2, 0.25) is 0 Å². The largest absolute Gasteiger partial charge is 0.338 e. The second kappa shape index (κ2) is 9.55. The minimum absolute atomic E-state index is 0.473. The molecule has 0 N–H and O–H groups in total. The number of hydrogen-bond acceptors (Lipinski definition) is 1. The van der Waals surface area contributed by atoms with Crippen LogP contribution in [-0.2, 0) is 4.79 Å². The first-order valence-electron chi connectivity index (χ1n) is 6.20. The molecule has 0 heterocycles. The molecule has 0 atom stereocenters. The van der Waals surface area contributed by atoms with E-state index in [0.29, 0.717) is 13.1 Å². The van der Waals surface area contributed by atoms with E-state index in [1.807, 2.05) is 0 Å². The van der Waals surface area contributed by atoms with Crippen molar-refractivity contribution >= 4 is 5.91 Å². The summed E-state index contributed by atoms with van der Waals surface area (Å²) >= 11 is 0. The van der Waals surface area contributed by atoms with Gasteiger partial charge in [-0.1, -0.05) is 39.5 Å². The topological polar surface area (TPSA) is 20.3 Å². The van der Waals surface area contributed by atoms with Crippen molar-refractivity contribution in [2.75, 3.05) is 13.1 Å². The minimum atomic E-state index is -2.86. The summed E-state index contributed by atoms with van der Waals surface area (Å²) in [5, 5.41) is 0. The average molecular weight is 235 g/mol. The molecule has 0 bridgehead atoms. The van der Waals surface area contributed by atoms with Gasteiger partial charge < -0.3 is 4.90 Å². The van der Waals surface area contributed by atoms with Crippen LogP contribution in [0.25, 0.3) is 0 Å². The van der Waals surface area contributed by atoms with Crippen molar-refractivity contribution in [2.45, 2.75) is 58.8 Å². The summed E-state index contributed by atoms with van der Waals surface area (Å²) in [6.45, 7) is 5.05. The first-order valence-corrected chi connectivity index (χ1v) is 6.20. The predicted octanol–water partition coefficient (Wildman–Crippen LogP) is 3.46. The van der Waals surface area contributed by atoms with E-state index in [1.165, 1.54) is 4.90 Å². The maximum absolute atomic E-state index is 12.3. The highest BCUT2D eigenvalue weighted by Crippen LogP contribution is 2.07. The highest BCUT2D eigenvalue weighted by Gasteiger charge is 2.22. The smallest absolute Gasteiger partial charge is 0.315 e. The van der Waals surface area contributed by atoms with E-state index in [1.54, 1.807) is 0 Å². The maximum atomic E-state index is 12.3. The van der Waals surface area contributed by atoms with Gasteiger partial charge in [0.15, 0.2) is 0 Å². The van der Waals surface area contributed by atoms with Crippen LogP contribution in [0.3, 0.4) is 0 Å². The van der Waals surface area contributed by atoms with Gasteiger partial charge in [-0.25, -0.2) is 0 Å². The Kier molecular flexibility index (Phi) is 9.15. The Morgan fingerprint density at radius 3 is 1.75 bits per heavy atom. The number of alkyl halides is 2. The minimum Gasteiger partial charge on any atom is -0.338 e. The van der Waals surface area contributed by atoms with Crippen LogP contribution in [0.1, 0.15) is 52.4 Å². The monoisotopic (exact) mass is 235 g/mol. The fraction of sp³-hybridized carbons (Fsp3) is 0.917. The van der Waals surface area contributed by atoms with E-state index in [4.69, 9.17) is 0 Å². The van der Waals surface area contributed by atoms with Crippen LogP contribution in [0, 0.1) is 0 Å². The summed E-state index contributed by atoms with van der Waals surface area (Å²) in [4.78, 5) is 12.5. The molecule has 1 amide bonds. The van der Waals surface area contributed by atoms with Crippen molar-refractivity contribution < 1.29 is 13.6 Å². The number of halogens is 2. The highest BCUT2D eigenvalue weighted by atomic mass is 19.3. The second-order valence-electron chi connectivity index (χ2n) is 4.04. The normalized spacial score (nSPS) is 10.8. The summed E-state index contributed by atoms with van der Waals surface area (Å²) in [6.07, 6.45) is 2.82. The molecule has 0 aromatic carbocycles. The third-order valence-corrected chi connectivity index (χ3v) is 2.56. The fourth-order valence-corrected chi connectivity index (χ4v) is 1.58. The van der Waals surface area contributed by atoms with Crippen LogP contribution in [-0.4, -0.2) is 30.3 Å². The molecule has 0 aliphatic rings. The average Bonchev–Trinajstić information content (AvgIpc) is 2.26. The predicted molar refractivity (Wildman–Crippen MR) is 61.6 cm³/mol. The van der Waals surface area contributed by atoms with E-state index < -0.39 is 12.3 Å². The second-order valence-corrected chi connectivity index (χ2v) is 4.04. The molecule has 0 aliphatic heterocycles. The van der Waals surface area contributed by atoms with E-state index in [2.05, 4.69) is 13.8 Å². The van der Waals surface area contributed by atoms with E-state index in [-0.39, 0.29) is 0 Å². The molecule has 0 fully saturated rings.